The van der Waals surface area contributed by atoms with Gasteiger partial charge < -0.3 is 9.84 Å². The molecule has 5 rings (SSSR count). The molecule has 2 aromatic carbocycles. The fourth-order valence-corrected chi connectivity index (χ4v) is 6.32. The Hall–Kier alpha value is -3.27. The standard InChI is InChI=1S/C25H20ClN3O4S2/c1-4-33-17-8-6-5-7-15(17)20-19(21(30)23-12(2)27-13(3)34-23)22(31)24(32)29(20)25-28-16-10-9-14(26)11-18(16)35-25/h5-11,20,31H,4H2,1-3H3. The lowest BCUT2D eigenvalue weighted by Gasteiger charge is -2.26. The van der Waals surface area contributed by atoms with Gasteiger partial charge in [0.15, 0.2) is 10.9 Å². The van der Waals surface area contributed by atoms with Crippen LogP contribution < -0.4 is 9.64 Å². The summed E-state index contributed by atoms with van der Waals surface area (Å²) in [6.45, 7) is 5.80. The normalized spacial score (nSPS) is 15.9. The van der Waals surface area contributed by atoms with Gasteiger partial charge in [-0.15, -0.1) is 11.3 Å². The van der Waals surface area contributed by atoms with E-state index in [2.05, 4.69) is 9.97 Å². The zero-order valence-corrected chi connectivity index (χ0v) is 21.4. The van der Waals surface area contributed by atoms with Crippen LogP contribution in [0.3, 0.4) is 0 Å². The first kappa shape index (κ1) is 23.5. The van der Waals surface area contributed by atoms with Crippen LogP contribution in [-0.2, 0) is 4.79 Å². The number of Topliss-reactive ketones (excluding diaryl/α,β-unsaturated/α-hetero) is 1. The molecular formula is C25H20ClN3O4S2. The molecule has 1 unspecified atom stereocenters. The highest BCUT2D eigenvalue weighted by Crippen LogP contribution is 2.47. The summed E-state index contributed by atoms with van der Waals surface area (Å²) in [5.74, 6) is -1.23. The number of aryl methyl sites for hydroxylation is 2. The minimum Gasteiger partial charge on any atom is -0.503 e. The van der Waals surface area contributed by atoms with E-state index in [0.29, 0.717) is 44.2 Å². The number of hydrogen-bond acceptors (Lipinski definition) is 8. The van der Waals surface area contributed by atoms with E-state index in [9.17, 15) is 14.7 Å². The number of aliphatic hydroxyl groups is 1. The van der Waals surface area contributed by atoms with E-state index in [0.717, 1.165) is 9.71 Å². The van der Waals surface area contributed by atoms with Crippen LogP contribution >= 0.6 is 34.3 Å². The third kappa shape index (κ3) is 3.99. The Bertz CT molecular complexity index is 1520. The number of benzene rings is 2. The largest absolute Gasteiger partial charge is 0.503 e. The van der Waals surface area contributed by atoms with Crippen molar-refractivity contribution in [3.8, 4) is 5.75 Å². The van der Waals surface area contributed by atoms with Crippen LogP contribution in [0.5, 0.6) is 5.75 Å². The molecule has 0 spiro atoms. The number of carbonyl (C=O) groups excluding carboxylic acids is 2. The SMILES string of the molecule is CCOc1ccccc1C1C(C(=O)c2sc(C)nc2C)=C(O)C(=O)N1c1nc2ccc(Cl)cc2s1. The second kappa shape index (κ2) is 9.07. The fourth-order valence-electron chi connectivity index (χ4n) is 4.18. The van der Waals surface area contributed by atoms with Gasteiger partial charge in [0, 0.05) is 10.6 Å². The molecule has 3 heterocycles. The first-order chi connectivity index (χ1) is 16.8. The predicted molar refractivity (Wildman–Crippen MR) is 138 cm³/mol. The Morgan fingerprint density at radius 1 is 1.17 bits per heavy atom. The zero-order valence-electron chi connectivity index (χ0n) is 19.0. The summed E-state index contributed by atoms with van der Waals surface area (Å²) >= 11 is 8.64. The smallest absolute Gasteiger partial charge is 0.296 e. The maximum Gasteiger partial charge on any atom is 0.296 e. The van der Waals surface area contributed by atoms with Gasteiger partial charge in [-0.3, -0.25) is 14.5 Å². The number of carbonyl (C=O) groups is 2. The van der Waals surface area contributed by atoms with Gasteiger partial charge in [0.1, 0.15) is 11.8 Å². The minimum absolute atomic E-state index is 0.0220. The highest BCUT2D eigenvalue weighted by molar-refractivity contribution is 7.22. The Kier molecular flexibility index (Phi) is 6.08. The topological polar surface area (TPSA) is 92.6 Å². The maximum absolute atomic E-state index is 13.8. The van der Waals surface area contributed by atoms with Crippen molar-refractivity contribution < 1.29 is 19.4 Å². The Morgan fingerprint density at radius 3 is 2.66 bits per heavy atom. The van der Waals surface area contributed by atoms with Crippen LogP contribution in [0.2, 0.25) is 5.02 Å². The van der Waals surface area contributed by atoms with Gasteiger partial charge in [-0.05, 0) is 45.0 Å². The number of ether oxygens (including phenoxy) is 1. The van der Waals surface area contributed by atoms with Gasteiger partial charge in [-0.1, -0.05) is 41.1 Å². The third-order valence-electron chi connectivity index (χ3n) is 5.62. The number of aliphatic hydroxyl groups excluding tert-OH is 1. The number of anilines is 1. The molecule has 1 amide bonds. The van der Waals surface area contributed by atoms with Crippen molar-refractivity contribution in [2.45, 2.75) is 26.8 Å². The summed E-state index contributed by atoms with van der Waals surface area (Å²) in [6.07, 6.45) is 0. The quantitative estimate of drug-likeness (QED) is 0.301. The molecule has 7 nitrogen and oxygen atoms in total. The lowest BCUT2D eigenvalue weighted by molar-refractivity contribution is -0.117. The van der Waals surface area contributed by atoms with Crippen LogP contribution in [0, 0.1) is 13.8 Å². The van der Waals surface area contributed by atoms with Gasteiger partial charge in [-0.25, -0.2) is 9.97 Å². The Labute approximate surface area is 214 Å². The molecule has 1 aliphatic rings. The number of thiazole rings is 2. The molecule has 0 aliphatic carbocycles. The fraction of sp³-hybridized carbons (Fsp3) is 0.200. The summed E-state index contributed by atoms with van der Waals surface area (Å²) in [5.41, 5.74) is 1.76. The molecular weight excluding hydrogens is 506 g/mol. The Balaban J connectivity index is 1.72. The van der Waals surface area contributed by atoms with Crippen LogP contribution in [-0.4, -0.2) is 33.4 Å². The molecule has 35 heavy (non-hydrogen) atoms. The summed E-state index contributed by atoms with van der Waals surface area (Å²) in [6, 6.07) is 11.5. The van der Waals surface area contributed by atoms with E-state index >= 15 is 0 Å². The van der Waals surface area contributed by atoms with Gasteiger partial charge >= 0.3 is 0 Å². The zero-order chi connectivity index (χ0) is 24.9. The minimum atomic E-state index is -0.935. The molecule has 0 radical (unpaired) electrons. The first-order valence-electron chi connectivity index (χ1n) is 10.8. The van der Waals surface area contributed by atoms with E-state index < -0.39 is 23.5 Å². The van der Waals surface area contributed by atoms with Crippen molar-refractivity contribution in [2.24, 2.45) is 0 Å². The highest BCUT2D eigenvalue weighted by atomic mass is 35.5. The van der Waals surface area contributed by atoms with Crippen molar-refractivity contribution in [3.63, 3.8) is 0 Å². The monoisotopic (exact) mass is 525 g/mol. The number of amides is 1. The van der Waals surface area contributed by atoms with Gasteiger partial charge in [0.2, 0.25) is 5.78 Å². The van der Waals surface area contributed by atoms with Crippen LogP contribution in [0.1, 0.15) is 38.9 Å². The number of para-hydroxylation sites is 1. The highest BCUT2D eigenvalue weighted by Gasteiger charge is 2.47. The number of fused-ring (bicyclic) bond motifs is 1. The van der Waals surface area contributed by atoms with Crippen LogP contribution in [0.15, 0.2) is 53.8 Å². The molecule has 0 saturated heterocycles. The number of nitrogens with zero attached hydrogens (tertiary/aromatic N) is 3. The van der Waals surface area contributed by atoms with Crippen molar-refractivity contribution in [1.29, 1.82) is 0 Å². The average Bonchev–Trinajstić information content (AvgIpc) is 3.47. The predicted octanol–water partition coefficient (Wildman–Crippen LogP) is 6.20. The van der Waals surface area contributed by atoms with E-state index in [1.807, 2.05) is 19.9 Å². The number of aromatic nitrogens is 2. The molecule has 1 atom stereocenters. The average molecular weight is 526 g/mol. The maximum atomic E-state index is 13.8. The number of hydrogen-bond donors (Lipinski definition) is 1. The van der Waals surface area contributed by atoms with Crippen molar-refractivity contribution in [1.82, 2.24) is 9.97 Å². The number of rotatable bonds is 6. The molecule has 178 valence electrons. The van der Waals surface area contributed by atoms with E-state index in [1.54, 1.807) is 43.3 Å². The molecule has 0 saturated carbocycles. The Morgan fingerprint density at radius 2 is 1.94 bits per heavy atom. The lowest BCUT2D eigenvalue weighted by Crippen LogP contribution is -2.31. The second-order valence-corrected chi connectivity index (χ2v) is 10.5. The van der Waals surface area contributed by atoms with Gasteiger partial charge in [0.25, 0.3) is 5.91 Å². The van der Waals surface area contributed by atoms with E-state index in [-0.39, 0.29) is 5.57 Å². The van der Waals surface area contributed by atoms with Crippen LogP contribution in [0.4, 0.5) is 5.13 Å². The molecule has 4 aromatic rings. The van der Waals surface area contributed by atoms with Crippen molar-refractivity contribution in [3.05, 3.63) is 80.0 Å². The van der Waals surface area contributed by atoms with Gasteiger partial charge in [-0.2, -0.15) is 0 Å². The molecule has 0 fully saturated rings. The summed E-state index contributed by atoms with van der Waals surface area (Å²) < 4.78 is 6.63. The molecule has 10 heteroatoms. The third-order valence-corrected chi connectivity index (χ3v) is 7.95. The number of ketones is 1. The van der Waals surface area contributed by atoms with E-state index in [4.69, 9.17) is 16.3 Å². The van der Waals surface area contributed by atoms with Crippen molar-refractivity contribution in [2.75, 3.05) is 11.5 Å². The van der Waals surface area contributed by atoms with E-state index in [1.165, 1.54) is 27.6 Å². The first-order valence-corrected chi connectivity index (χ1v) is 12.8. The van der Waals surface area contributed by atoms with Crippen LogP contribution in [0.25, 0.3) is 10.2 Å². The molecule has 2 aromatic heterocycles. The molecule has 1 aliphatic heterocycles. The van der Waals surface area contributed by atoms with Crippen molar-refractivity contribution >= 4 is 61.3 Å². The number of halogens is 1. The summed E-state index contributed by atoms with van der Waals surface area (Å²) in [4.78, 5) is 38.0. The molecule has 1 N–H and O–H groups in total. The molecule has 0 bridgehead atoms. The lowest BCUT2D eigenvalue weighted by atomic mass is 9.94. The summed E-state index contributed by atoms with van der Waals surface area (Å²) in [5, 5.41) is 12.7. The summed E-state index contributed by atoms with van der Waals surface area (Å²) in [7, 11) is 0. The second-order valence-electron chi connectivity index (χ2n) is 7.90. The van der Waals surface area contributed by atoms with Gasteiger partial charge in [0.05, 0.1) is 38.0 Å².